The van der Waals surface area contributed by atoms with E-state index in [9.17, 15) is 28.2 Å². The molecule has 1 fully saturated rings. The first-order valence-corrected chi connectivity index (χ1v) is 14.5. The van der Waals surface area contributed by atoms with E-state index in [4.69, 9.17) is 3.56 Å². The van der Waals surface area contributed by atoms with Crippen molar-refractivity contribution in [1.29, 1.82) is 3.56 Å². The molecule has 2 aliphatic rings. The first-order chi connectivity index (χ1) is 18.0. The molecule has 198 valence electrons. The molecule has 3 atom stereocenters. The van der Waals surface area contributed by atoms with Crippen molar-refractivity contribution in [3.63, 3.8) is 0 Å². The predicted molar refractivity (Wildman–Crippen MR) is 148 cm³/mol. The molecule has 1 unspecified atom stereocenters. The number of carbonyl (C=O) groups is 1. The molecule has 0 bridgehead atoms. The number of rotatable bonds is 5. The summed E-state index contributed by atoms with van der Waals surface area (Å²) in [5.74, 6) is -1.06. The molecule has 3 N–H and O–H groups in total. The highest BCUT2D eigenvalue weighted by Gasteiger charge is 2.69. The van der Waals surface area contributed by atoms with Crippen LogP contribution in [0.1, 0.15) is 51.9 Å². The second kappa shape index (κ2) is 9.72. The van der Waals surface area contributed by atoms with Gasteiger partial charge < -0.3 is 10.2 Å². The summed E-state index contributed by atoms with van der Waals surface area (Å²) in [6.07, 6.45) is -3.05. The molecule has 2 aliphatic carbocycles. The molecule has 3 aromatic carbocycles. The zero-order valence-electron chi connectivity index (χ0n) is 20.4. The number of halogens is 4. The first-order valence-electron chi connectivity index (χ1n) is 12.3. The molecule has 0 aliphatic heterocycles. The van der Waals surface area contributed by atoms with Crippen molar-refractivity contribution in [2.75, 3.05) is 0 Å². The van der Waals surface area contributed by atoms with Crippen LogP contribution in [0.2, 0.25) is 0 Å². The second-order valence-corrected chi connectivity index (χ2v) is 12.9. The van der Waals surface area contributed by atoms with Gasteiger partial charge in [0.15, 0.2) is 5.60 Å². The summed E-state index contributed by atoms with van der Waals surface area (Å²) < 4.78 is 51.9. The summed E-state index contributed by atoms with van der Waals surface area (Å²) in [5, 5.41) is 21.1. The normalized spacial score (nSPS) is 27.9. The lowest BCUT2D eigenvalue weighted by Crippen LogP contribution is -2.64. The third-order valence-electron chi connectivity index (χ3n) is 8.21. The third kappa shape index (κ3) is 4.31. The van der Waals surface area contributed by atoms with E-state index >= 15 is 0 Å². The standard InChI is InChI=1S/C30H27F3INO3/c31-30(32,33)29(38)19-28(34-35)14-13-22-16-23(26(36)37)11-12-25(22)27(28,17-21-9-5-2-6-10-21)18-24(29)15-20-7-3-1-4-8-20/h1-12,15-16,35,38H,13-14,17-19H2,(H,36,37)/b24-15+/t27-,28?,29-/m0/s1. The van der Waals surface area contributed by atoms with Crippen molar-refractivity contribution in [1.82, 2.24) is 0 Å². The van der Waals surface area contributed by atoms with E-state index in [1.54, 1.807) is 42.5 Å². The summed E-state index contributed by atoms with van der Waals surface area (Å²) in [6, 6.07) is 23.1. The van der Waals surface area contributed by atoms with Crippen LogP contribution < -0.4 is 0 Å². The molecule has 8 heteroatoms. The van der Waals surface area contributed by atoms with Gasteiger partial charge in [-0.1, -0.05) is 72.8 Å². The van der Waals surface area contributed by atoms with Crippen molar-refractivity contribution in [2.24, 2.45) is 0 Å². The number of nitrogens with one attached hydrogen (secondary N) is 1. The van der Waals surface area contributed by atoms with Crippen LogP contribution in [0.3, 0.4) is 0 Å². The predicted octanol–water partition coefficient (Wildman–Crippen LogP) is 7.45. The highest BCUT2D eigenvalue weighted by Crippen LogP contribution is 2.66. The lowest BCUT2D eigenvalue weighted by molar-refractivity contribution is -0.255. The lowest BCUT2D eigenvalue weighted by Gasteiger charge is -2.59. The number of alkyl halides is 4. The maximum absolute atomic E-state index is 14.7. The lowest BCUT2D eigenvalue weighted by atomic mass is 9.51. The van der Waals surface area contributed by atoms with Crippen molar-refractivity contribution in [2.45, 2.75) is 52.7 Å². The Morgan fingerprint density at radius 2 is 1.68 bits per heavy atom. The van der Waals surface area contributed by atoms with Gasteiger partial charge in [-0.15, -0.1) is 0 Å². The average molecular weight is 633 g/mol. The Morgan fingerprint density at radius 1 is 1.03 bits per heavy atom. The number of aliphatic hydroxyl groups is 1. The van der Waals surface area contributed by atoms with Gasteiger partial charge in [-0.05, 0) is 86.7 Å². The molecule has 4 nitrogen and oxygen atoms in total. The van der Waals surface area contributed by atoms with Crippen LogP contribution in [-0.2, 0) is 18.3 Å². The van der Waals surface area contributed by atoms with Crippen LogP contribution in [0.5, 0.6) is 0 Å². The summed E-state index contributed by atoms with van der Waals surface area (Å²) >= 11 is -1.53. The van der Waals surface area contributed by atoms with E-state index in [2.05, 4.69) is 0 Å². The smallest absolute Gasteiger partial charge is 0.421 e. The Morgan fingerprint density at radius 3 is 2.29 bits per heavy atom. The Kier molecular flexibility index (Phi) is 6.84. The number of aromatic carboxylic acids is 1. The minimum atomic E-state index is -4.91. The van der Waals surface area contributed by atoms with Gasteiger partial charge in [0, 0.05) is 15.3 Å². The van der Waals surface area contributed by atoms with Crippen LogP contribution in [0.4, 0.5) is 13.2 Å². The highest BCUT2D eigenvalue weighted by atomic mass is 127. The van der Waals surface area contributed by atoms with Gasteiger partial charge in [0.05, 0.1) is 5.56 Å². The number of hydrogen-bond acceptors (Lipinski definition) is 3. The van der Waals surface area contributed by atoms with Gasteiger partial charge in [-0.25, -0.2) is 4.79 Å². The van der Waals surface area contributed by atoms with Crippen LogP contribution in [-0.4, -0.2) is 31.4 Å². The summed E-state index contributed by atoms with van der Waals surface area (Å²) in [7, 11) is 0. The Bertz CT molecular complexity index is 1410. The van der Waals surface area contributed by atoms with E-state index in [1.807, 2.05) is 30.3 Å². The van der Waals surface area contributed by atoms with Crippen molar-refractivity contribution in [3.8, 4) is 0 Å². The van der Waals surface area contributed by atoms with E-state index in [0.717, 1.165) is 16.7 Å². The zero-order valence-corrected chi connectivity index (χ0v) is 22.6. The number of fused-ring (bicyclic) bond motifs is 3. The van der Waals surface area contributed by atoms with Crippen molar-refractivity contribution in [3.05, 3.63) is 112 Å². The topological polar surface area (TPSA) is 81.4 Å². The van der Waals surface area contributed by atoms with Gasteiger partial charge >= 0.3 is 12.1 Å². The zero-order chi connectivity index (χ0) is 27.2. The van der Waals surface area contributed by atoms with Crippen LogP contribution >= 0.6 is 21.0 Å². The maximum Gasteiger partial charge on any atom is 0.421 e. The van der Waals surface area contributed by atoms with Gasteiger partial charge in [0.25, 0.3) is 0 Å². The minimum Gasteiger partial charge on any atom is -0.478 e. The Hall–Kier alpha value is -2.85. The fourth-order valence-electron chi connectivity index (χ4n) is 6.35. The SMILES string of the molecule is N=IC12CCc3cc(C(=O)O)ccc3[C@]1(Cc1ccccc1)C/C(=C\c1ccccc1)[C@](O)(C(F)(F)F)C2. The average Bonchev–Trinajstić information content (AvgIpc) is 2.90. The molecular formula is C30H27F3INO3. The Balaban J connectivity index is 1.79. The molecule has 0 saturated heterocycles. The molecule has 38 heavy (non-hydrogen) atoms. The number of aryl methyl sites for hydroxylation is 1. The van der Waals surface area contributed by atoms with Crippen molar-refractivity contribution < 1.29 is 28.2 Å². The van der Waals surface area contributed by atoms with E-state index in [0.29, 0.717) is 24.8 Å². The van der Waals surface area contributed by atoms with Gasteiger partial charge in [0.2, 0.25) is 0 Å². The highest BCUT2D eigenvalue weighted by molar-refractivity contribution is 14.2. The second-order valence-electron chi connectivity index (χ2n) is 10.3. The molecule has 0 radical (unpaired) electrons. The number of benzene rings is 3. The molecule has 0 heterocycles. The first kappa shape index (κ1) is 26.7. The van der Waals surface area contributed by atoms with Crippen LogP contribution in [0.25, 0.3) is 6.08 Å². The number of carboxylic acid groups (broad SMARTS) is 1. The molecule has 5 rings (SSSR count). The van der Waals surface area contributed by atoms with Gasteiger partial charge in [0.1, 0.15) is 0 Å². The maximum atomic E-state index is 14.7. The van der Waals surface area contributed by atoms with E-state index in [-0.39, 0.29) is 17.6 Å². The quantitative estimate of drug-likeness (QED) is 0.202. The molecule has 3 aromatic rings. The van der Waals surface area contributed by atoms with Crippen molar-refractivity contribution >= 4 is 33.1 Å². The number of hydrogen-bond donors (Lipinski definition) is 3. The minimum absolute atomic E-state index is 0.0786. The summed E-state index contributed by atoms with van der Waals surface area (Å²) in [4.78, 5) is 11.7. The van der Waals surface area contributed by atoms with E-state index in [1.165, 1.54) is 12.1 Å². The van der Waals surface area contributed by atoms with Gasteiger partial charge in [-0.2, -0.15) is 13.2 Å². The third-order valence-corrected chi connectivity index (χ3v) is 11.2. The molecule has 0 spiro atoms. The molecule has 0 aromatic heterocycles. The monoisotopic (exact) mass is 633 g/mol. The van der Waals surface area contributed by atoms with Crippen LogP contribution in [0.15, 0.2) is 84.4 Å². The number of carboxylic acids is 1. The molecular weight excluding hydrogens is 606 g/mol. The molecule has 1 saturated carbocycles. The fourth-order valence-corrected chi connectivity index (χ4v) is 8.82. The van der Waals surface area contributed by atoms with Gasteiger partial charge in [-0.3, -0.25) is 3.56 Å². The summed E-state index contributed by atoms with van der Waals surface area (Å²) in [6.45, 7) is 0. The molecule has 0 amide bonds. The van der Waals surface area contributed by atoms with Crippen LogP contribution in [0, 0.1) is 3.56 Å². The summed E-state index contributed by atoms with van der Waals surface area (Å²) in [5.41, 5.74) is -0.844. The Labute approximate surface area is 229 Å². The fraction of sp³-hybridized carbons (Fsp3) is 0.300. The largest absolute Gasteiger partial charge is 0.478 e. The van der Waals surface area contributed by atoms with E-state index < -0.39 is 54.0 Å².